The van der Waals surface area contributed by atoms with Gasteiger partial charge in [-0.1, -0.05) is 12.1 Å². The van der Waals surface area contributed by atoms with Crippen molar-refractivity contribution in [3.8, 4) is 5.75 Å². The van der Waals surface area contributed by atoms with Crippen molar-refractivity contribution in [1.82, 2.24) is 10.2 Å². The zero-order valence-corrected chi connectivity index (χ0v) is 12.7. The van der Waals surface area contributed by atoms with E-state index in [0.29, 0.717) is 5.75 Å². The largest absolute Gasteiger partial charge is 0.484 e. The number of nitrogens with zero attached hydrogens (tertiary/aromatic N) is 1. The summed E-state index contributed by atoms with van der Waals surface area (Å²) in [5.41, 5.74) is 6.30. The Morgan fingerprint density at radius 1 is 1.33 bits per heavy atom. The molecule has 0 unspecified atom stereocenters. The molecule has 0 saturated carbocycles. The summed E-state index contributed by atoms with van der Waals surface area (Å²) in [4.78, 5) is 13.0. The van der Waals surface area contributed by atoms with Crippen molar-refractivity contribution in [2.24, 2.45) is 11.7 Å². The molecule has 0 bridgehead atoms. The second-order valence-electron chi connectivity index (χ2n) is 5.79. The van der Waals surface area contributed by atoms with E-state index in [4.69, 9.17) is 10.5 Å². The maximum absolute atomic E-state index is 10.7. The van der Waals surface area contributed by atoms with Crippen LogP contribution in [0, 0.1) is 5.92 Å². The summed E-state index contributed by atoms with van der Waals surface area (Å²) in [6.45, 7) is 4.28. The number of rotatable bonds is 7. The van der Waals surface area contributed by atoms with Crippen LogP contribution >= 0.6 is 0 Å². The van der Waals surface area contributed by atoms with Crippen molar-refractivity contribution in [2.75, 3.05) is 33.3 Å². The summed E-state index contributed by atoms with van der Waals surface area (Å²) in [5.74, 6) is 1.02. The predicted octanol–water partition coefficient (Wildman–Crippen LogP) is 0.982. The molecular formula is C16H25N3O2. The van der Waals surface area contributed by atoms with Crippen molar-refractivity contribution >= 4 is 5.91 Å². The maximum Gasteiger partial charge on any atom is 0.255 e. The van der Waals surface area contributed by atoms with Crippen LogP contribution in [0.1, 0.15) is 18.4 Å². The molecule has 1 heterocycles. The van der Waals surface area contributed by atoms with E-state index in [1.54, 1.807) is 0 Å². The average Bonchev–Trinajstić information content (AvgIpc) is 2.47. The van der Waals surface area contributed by atoms with Crippen LogP contribution < -0.4 is 15.8 Å². The molecule has 1 aliphatic rings. The number of piperidine rings is 1. The molecule has 1 aliphatic heterocycles. The van der Waals surface area contributed by atoms with Crippen molar-refractivity contribution in [3.05, 3.63) is 29.8 Å². The standard InChI is InChI=1S/C16H25N3O2/c1-19(11-14-6-8-18-9-7-14)10-13-2-4-15(5-3-13)21-12-16(17)20/h2-5,14,18H,6-12H2,1H3,(H2,17,20). The number of ether oxygens (including phenoxy) is 1. The first-order valence-electron chi connectivity index (χ1n) is 7.53. The van der Waals surface area contributed by atoms with Crippen LogP contribution in [-0.4, -0.2) is 44.1 Å². The Kier molecular flexibility index (Phi) is 6.02. The van der Waals surface area contributed by atoms with Gasteiger partial charge in [-0.3, -0.25) is 4.79 Å². The number of amides is 1. The molecule has 0 spiro atoms. The predicted molar refractivity (Wildman–Crippen MR) is 83.1 cm³/mol. The molecule has 0 aliphatic carbocycles. The van der Waals surface area contributed by atoms with E-state index >= 15 is 0 Å². The van der Waals surface area contributed by atoms with Crippen molar-refractivity contribution in [1.29, 1.82) is 0 Å². The maximum atomic E-state index is 10.7. The van der Waals surface area contributed by atoms with Crippen molar-refractivity contribution in [2.45, 2.75) is 19.4 Å². The molecule has 2 rings (SSSR count). The van der Waals surface area contributed by atoms with Crippen molar-refractivity contribution in [3.63, 3.8) is 0 Å². The van der Waals surface area contributed by atoms with Gasteiger partial charge >= 0.3 is 0 Å². The van der Waals surface area contributed by atoms with Gasteiger partial charge in [0.2, 0.25) is 0 Å². The first-order chi connectivity index (χ1) is 10.1. The fourth-order valence-corrected chi connectivity index (χ4v) is 2.73. The van der Waals surface area contributed by atoms with Gasteiger partial charge in [-0.05, 0) is 56.6 Å². The minimum Gasteiger partial charge on any atom is -0.484 e. The Morgan fingerprint density at radius 3 is 2.62 bits per heavy atom. The van der Waals surface area contributed by atoms with Crippen LogP contribution in [0.25, 0.3) is 0 Å². The molecule has 1 saturated heterocycles. The number of nitrogens with two attached hydrogens (primary N) is 1. The number of primary amides is 1. The van der Waals surface area contributed by atoms with E-state index in [1.165, 1.54) is 18.4 Å². The van der Waals surface area contributed by atoms with Gasteiger partial charge in [0.05, 0.1) is 0 Å². The summed E-state index contributed by atoms with van der Waals surface area (Å²) in [7, 11) is 2.17. The van der Waals surface area contributed by atoms with Gasteiger partial charge < -0.3 is 20.7 Å². The van der Waals surface area contributed by atoms with Crippen LogP contribution in [0.2, 0.25) is 0 Å². The Bertz CT molecular complexity index is 441. The second kappa shape index (κ2) is 8.00. The lowest BCUT2D eigenvalue weighted by Gasteiger charge is -2.27. The fourth-order valence-electron chi connectivity index (χ4n) is 2.73. The molecule has 0 atom stereocenters. The molecule has 5 heteroatoms. The third-order valence-electron chi connectivity index (χ3n) is 3.79. The Balaban J connectivity index is 1.77. The number of carbonyl (C=O) groups excluding carboxylic acids is 1. The molecule has 3 N–H and O–H groups in total. The minimum atomic E-state index is -0.458. The summed E-state index contributed by atoms with van der Waals surface area (Å²) in [5, 5.41) is 3.40. The van der Waals surface area contributed by atoms with Crippen molar-refractivity contribution < 1.29 is 9.53 Å². The van der Waals surface area contributed by atoms with E-state index in [2.05, 4.69) is 17.3 Å². The van der Waals surface area contributed by atoms with Gasteiger partial charge in [0.1, 0.15) is 5.75 Å². The van der Waals surface area contributed by atoms with E-state index in [-0.39, 0.29) is 6.61 Å². The van der Waals surface area contributed by atoms with Crippen LogP contribution in [-0.2, 0) is 11.3 Å². The van der Waals surface area contributed by atoms with E-state index in [9.17, 15) is 4.79 Å². The summed E-state index contributed by atoms with van der Waals surface area (Å²) in [6.07, 6.45) is 2.54. The van der Waals surface area contributed by atoms with Gasteiger partial charge in [0.25, 0.3) is 5.91 Å². The average molecular weight is 291 g/mol. The molecule has 1 fully saturated rings. The normalized spacial score (nSPS) is 16.1. The monoisotopic (exact) mass is 291 g/mol. The highest BCUT2D eigenvalue weighted by atomic mass is 16.5. The number of nitrogens with one attached hydrogen (secondary N) is 1. The van der Waals surface area contributed by atoms with Gasteiger partial charge in [-0.2, -0.15) is 0 Å². The van der Waals surface area contributed by atoms with Crippen LogP contribution in [0.5, 0.6) is 5.75 Å². The number of hydrogen-bond donors (Lipinski definition) is 2. The highest BCUT2D eigenvalue weighted by Gasteiger charge is 2.15. The minimum absolute atomic E-state index is 0.0744. The SMILES string of the molecule is CN(Cc1ccc(OCC(N)=O)cc1)CC1CCNCC1. The zero-order chi connectivity index (χ0) is 15.1. The van der Waals surface area contributed by atoms with Crippen LogP contribution in [0.15, 0.2) is 24.3 Å². The summed E-state index contributed by atoms with van der Waals surface area (Å²) in [6, 6.07) is 7.85. The molecule has 1 aromatic carbocycles. The van der Waals surface area contributed by atoms with Gasteiger partial charge in [0.15, 0.2) is 6.61 Å². The number of hydrogen-bond acceptors (Lipinski definition) is 4. The molecule has 1 amide bonds. The summed E-state index contributed by atoms with van der Waals surface area (Å²) >= 11 is 0. The van der Waals surface area contributed by atoms with Gasteiger partial charge in [0, 0.05) is 13.1 Å². The Hall–Kier alpha value is -1.59. The number of carbonyl (C=O) groups is 1. The zero-order valence-electron chi connectivity index (χ0n) is 12.7. The second-order valence-corrected chi connectivity index (χ2v) is 5.79. The lowest BCUT2D eigenvalue weighted by atomic mass is 9.97. The van der Waals surface area contributed by atoms with Gasteiger partial charge in [-0.15, -0.1) is 0 Å². The third kappa shape index (κ3) is 5.73. The molecule has 21 heavy (non-hydrogen) atoms. The first-order valence-corrected chi connectivity index (χ1v) is 7.53. The molecule has 0 aromatic heterocycles. The topological polar surface area (TPSA) is 67.6 Å². The summed E-state index contributed by atoms with van der Waals surface area (Å²) < 4.78 is 5.25. The molecule has 0 radical (unpaired) electrons. The lowest BCUT2D eigenvalue weighted by molar-refractivity contribution is -0.119. The molecule has 116 valence electrons. The fraction of sp³-hybridized carbons (Fsp3) is 0.562. The first kappa shape index (κ1) is 15.8. The quantitative estimate of drug-likeness (QED) is 0.786. The smallest absolute Gasteiger partial charge is 0.255 e. The van der Waals surface area contributed by atoms with Crippen LogP contribution in [0.3, 0.4) is 0 Å². The Labute approximate surface area is 126 Å². The highest BCUT2D eigenvalue weighted by molar-refractivity contribution is 5.75. The van der Waals surface area contributed by atoms with E-state index in [0.717, 1.165) is 32.1 Å². The molecular weight excluding hydrogens is 266 g/mol. The van der Waals surface area contributed by atoms with Gasteiger partial charge in [-0.25, -0.2) is 0 Å². The van der Waals surface area contributed by atoms with E-state index < -0.39 is 5.91 Å². The molecule has 1 aromatic rings. The molecule has 5 nitrogen and oxygen atoms in total. The Morgan fingerprint density at radius 2 is 2.00 bits per heavy atom. The number of benzene rings is 1. The lowest BCUT2D eigenvalue weighted by Crippen LogP contribution is -2.34. The van der Waals surface area contributed by atoms with E-state index in [1.807, 2.05) is 24.3 Å². The third-order valence-corrected chi connectivity index (χ3v) is 3.79. The van der Waals surface area contributed by atoms with Crippen LogP contribution in [0.4, 0.5) is 0 Å². The highest BCUT2D eigenvalue weighted by Crippen LogP contribution is 2.16.